The van der Waals surface area contributed by atoms with Crippen LogP contribution in [0.3, 0.4) is 0 Å². The van der Waals surface area contributed by atoms with Crippen molar-refractivity contribution in [1.29, 1.82) is 0 Å². The minimum atomic E-state index is -0.363. The summed E-state index contributed by atoms with van der Waals surface area (Å²) in [6.45, 7) is 6.81. The van der Waals surface area contributed by atoms with E-state index in [0.717, 1.165) is 11.3 Å². The Balaban J connectivity index is 1.94. The number of aliphatic hydroxyl groups is 1. The van der Waals surface area contributed by atoms with E-state index in [4.69, 9.17) is 4.74 Å². The van der Waals surface area contributed by atoms with Gasteiger partial charge in [0, 0.05) is 12.1 Å². The molecule has 0 fully saturated rings. The second kappa shape index (κ2) is 5.83. The molecule has 1 aliphatic heterocycles. The molecule has 0 aliphatic carbocycles. The van der Waals surface area contributed by atoms with Gasteiger partial charge in [-0.15, -0.1) is 0 Å². The molecule has 0 aromatic heterocycles. The SMILES string of the molecule is CC(O)CC(C)(C)CNC(=O)C1COc2ccccc21. The number of amides is 1. The topological polar surface area (TPSA) is 58.6 Å². The van der Waals surface area contributed by atoms with Crippen LogP contribution in [0.5, 0.6) is 5.75 Å². The maximum atomic E-state index is 12.3. The first-order chi connectivity index (χ1) is 9.39. The van der Waals surface area contributed by atoms with E-state index in [1.54, 1.807) is 6.92 Å². The molecular weight excluding hydrogens is 254 g/mol. The molecule has 0 radical (unpaired) electrons. The van der Waals surface area contributed by atoms with Crippen molar-refractivity contribution >= 4 is 5.91 Å². The highest BCUT2D eigenvalue weighted by Gasteiger charge is 2.31. The number of hydrogen-bond acceptors (Lipinski definition) is 3. The summed E-state index contributed by atoms with van der Waals surface area (Å²) in [6, 6.07) is 7.66. The van der Waals surface area contributed by atoms with Crippen LogP contribution in [0.25, 0.3) is 0 Å². The standard InChI is InChI=1S/C16H23NO3/c1-11(18)8-16(2,3)10-17-15(19)13-9-20-14-7-5-4-6-12(13)14/h4-7,11,13,18H,8-10H2,1-3H3,(H,17,19). The van der Waals surface area contributed by atoms with Gasteiger partial charge in [-0.05, 0) is 24.8 Å². The zero-order valence-electron chi connectivity index (χ0n) is 12.3. The van der Waals surface area contributed by atoms with Gasteiger partial charge in [-0.3, -0.25) is 4.79 Å². The van der Waals surface area contributed by atoms with Crippen LogP contribution < -0.4 is 10.1 Å². The summed E-state index contributed by atoms with van der Waals surface area (Å²) in [4.78, 5) is 12.3. The third kappa shape index (κ3) is 3.51. The summed E-state index contributed by atoms with van der Waals surface area (Å²) >= 11 is 0. The largest absolute Gasteiger partial charge is 0.492 e. The molecule has 2 rings (SSSR count). The average Bonchev–Trinajstić information content (AvgIpc) is 2.78. The predicted molar refractivity (Wildman–Crippen MR) is 77.8 cm³/mol. The first-order valence-corrected chi connectivity index (χ1v) is 7.06. The van der Waals surface area contributed by atoms with Gasteiger partial charge < -0.3 is 15.2 Å². The summed E-state index contributed by atoms with van der Waals surface area (Å²) < 4.78 is 5.53. The highest BCUT2D eigenvalue weighted by Crippen LogP contribution is 2.33. The highest BCUT2D eigenvalue weighted by atomic mass is 16.5. The molecule has 1 heterocycles. The van der Waals surface area contributed by atoms with Gasteiger partial charge in [-0.1, -0.05) is 32.0 Å². The number of benzene rings is 1. The van der Waals surface area contributed by atoms with Crippen molar-refractivity contribution in [2.75, 3.05) is 13.2 Å². The summed E-state index contributed by atoms with van der Waals surface area (Å²) in [5, 5.41) is 12.4. The predicted octanol–water partition coefficient (Wildman–Crippen LogP) is 2.08. The molecule has 2 unspecified atom stereocenters. The zero-order chi connectivity index (χ0) is 14.8. The molecule has 2 N–H and O–H groups in total. The third-order valence-corrected chi connectivity index (χ3v) is 3.61. The van der Waals surface area contributed by atoms with Crippen LogP contribution in [0.4, 0.5) is 0 Å². The molecule has 1 amide bonds. The Hall–Kier alpha value is -1.55. The van der Waals surface area contributed by atoms with Crippen LogP contribution in [-0.2, 0) is 4.79 Å². The molecule has 2 atom stereocenters. The summed E-state index contributed by atoms with van der Waals surface area (Å²) in [7, 11) is 0. The Morgan fingerprint density at radius 2 is 2.20 bits per heavy atom. The fraction of sp³-hybridized carbons (Fsp3) is 0.562. The van der Waals surface area contributed by atoms with Crippen LogP contribution in [0.1, 0.15) is 38.7 Å². The fourth-order valence-corrected chi connectivity index (χ4v) is 2.70. The highest BCUT2D eigenvalue weighted by molar-refractivity contribution is 5.85. The Kier molecular flexibility index (Phi) is 4.33. The number of rotatable bonds is 5. The smallest absolute Gasteiger partial charge is 0.231 e. The number of aliphatic hydroxyl groups excluding tert-OH is 1. The summed E-state index contributed by atoms with van der Waals surface area (Å²) in [5.41, 5.74) is 0.835. The van der Waals surface area contributed by atoms with Crippen molar-refractivity contribution in [3.05, 3.63) is 29.8 Å². The maximum Gasteiger partial charge on any atom is 0.231 e. The van der Waals surface area contributed by atoms with E-state index in [-0.39, 0.29) is 23.3 Å². The van der Waals surface area contributed by atoms with E-state index < -0.39 is 0 Å². The summed E-state index contributed by atoms with van der Waals surface area (Å²) in [6.07, 6.45) is 0.294. The number of fused-ring (bicyclic) bond motifs is 1. The van der Waals surface area contributed by atoms with Gasteiger partial charge in [0.25, 0.3) is 0 Å². The maximum absolute atomic E-state index is 12.3. The lowest BCUT2D eigenvalue weighted by molar-refractivity contribution is -0.123. The molecule has 0 spiro atoms. The van der Waals surface area contributed by atoms with Crippen LogP contribution >= 0.6 is 0 Å². The lowest BCUT2D eigenvalue weighted by Gasteiger charge is -2.27. The van der Waals surface area contributed by atoms with Crippen LogP contribution in [0.15, 0.2) is 24.3 Å². The zero-order valence-corrected chi connectivity index (χ0v) is 12.3. The number of nitrogens with one attached hydrogen (secondary N) is 1. The van der Waals surface area contributed by atoms with E-state index in [0.29, 0.717) is 19.6 Å². The second-order valence-electron chi connectivity index (χ2n) is 6.34. The monoisotopic (exact) mass is 277 g/mol. The molecule has 1 aromatic carbocycles. The lowest BCUT2D eigenvalue weighted by Crippen LogP contribution is -2.38. The average molecular weight is 277 g/mol. The van der Waals surface area contributed by atoms with E-state index in [2.05, 4.69) is 5.32 Å². The van der Waals surface area contributed by atoms with Gasteiger partial charge in [0.2, 0.25) is 5.91 Å². The summed E-state index contributed by atoms with van der Waals surface area (Å²) in [5.74, 6) is 0.568. The molecule has 0 saturated heterocycles. The van der Waals surface area contributed by atoms with Crippen LogP contribution in [0.2, 0.25) is 0 Å². The van der Waals surface area contributed by atoms with Crippen molar-refractivity contribution in [1.82, 2.24) is 5.32 Å². The first kappa shape index (κ1) is 14.9. The van der Waals surface area contributed by atoms with E-state index in [9.17, 15) is 9.90 Å². The van der Waals surface area contributed by atoms with Gasteiger partial charge >= 0.3 is 0 Å². The number of para-hydroxylation sites is 1. The molecule has 0 bridgehead atoms. The Morgan fingerprint density at radius 3 is 2.90 bits per heavy atom. The normalized spacial score (nSPS) is 19.1. The van der Waals surface area contributed by atoms with Crippen LogP contribution in [-0.4, -0.2) is 30.3 Å². The van der Waals surface area contributed by atoms with Gasteiger partial charge in [0.15, 0.2) is 0 Å². The Labute approximate surface area is 120 Å². The molecule has 4 nitrogen and oxygen atoms in total. The minimum absolute atomic E-state index is 0.00591. The molecule has 1 aromatic rings. The molecule has 4 heteroatoms. The molecular formula is C16H23NO3. The molecule has 20 heavy (non-hydrogen) atoms. The first-order valence-electron chi connectivity index (χ1n) is 7.06. The van der Waals surface area contributed by atoms with Gasteiger partial charge in [-0.25, -0.2) is 0 Å². The third-order valence-electron chi connectivity index (χ3n) is 3.61. The van der Waals surface area contributed by atoms with Crippen molar-refractivity contribution in [3.8, 4) is 5.75 Å². The van der Waals surface area contributed by atoms with Gasteiger partial charge in [0.1, 0.15) is 18.3 Å². The van der Waals surface area contributed by atoms with E-state index in [1.807, 2.05) is 38.1 Å². The van der Waals surface area contributed by atoms with Crippen molar-refractivity contribution in [3.63, 3.8) is 0 Å². The molecule has 1 aliphatic rings. The van der Waals surface area contributed by atoms with Gasteiger partial charge in [-0.2, -0.15) is 0 Å². The van der Waals surface area contributed by atoms with Crippen LogP contribution in [0, 0.1) is 5.41 Å². The number of carbonyl (C=O) groups is 1. The van der Waals surface area contributed by atoms with Crippen molar-refractivity contribution < 1.29 is 14.6 Å². The minimum Gasteiger partial charge on any atom is -0.492 e. The number of hydrogen-bond donors (Lipinski definition) is 2. The Morgan fingerprint density at radius 1 is 1.50 bits per heavy atom. The van der Waals surface area contributed by atoms with Crippen molar-refractivity contribution in [2.24, 2.45) is 5.41 Å². The number of ether oxygens (including phenoxy) is 1. The molecule has 110 valence electrons. The van der Waals surface area contributed by atoms with Crippen molar-refractivity contribution in [2.45, 2.75) is 39.2 Å². The Bertz CT molecular complexity index is 482. The number of carbonyl (C=O) groups excluding carboxylic acids is 1. The fourth-order valence-electron chi connectivity index (χ4n) is 2.70. The lowest BCUT2D eigenvalue weighted by atomic mass is 9.86. The van der Waals surface area contributed by atoms with Gasteiger partial charge in [0.05, 0.1) is 6.10 Å². The van der Waals surface area contributed by atoms with E-state index >= 15 is 0 Å². The second-order valence-corrected chi connectivity index (χ2v) is 6.34. The quantitative estimate of drug-likeness (QED) is 0.866. The van der Waals surface area contributed by atoms with E-state index in [1.165, 1.54) is 0 Å². The molecule has 0 saturated carbocycles.